The van der Waals surface area contributed by atoms with Gasteiger partial charge in [0.25, 0.3) is 0 Å². The van der Waals surface area contributed by atoms with Crippen LogP contribution in [-0.4, -0.2) is 14.7 Å². The molecule has 2 heterocycles. The van der Waals surface area contributed by atoms with Gasteiger partial charge in [0.2, 0.25) is 0 Å². The molecule has 0 aliphatic heterocycles. The molecule has 0 atom stereocenters. The minimum atomic E-state index is 0.723. The van der Waals surface area contributed by atoms with E-state index >= 15 is 0 Å². The van der Waals surface area contributed by atoms with Crippen LogP contribution in [0.15, 0.2) is 9.90 Å². The average molecular weight is 224 g/mol. The Balaban J connectivity index is 1.89. The van der Waals surface area contributed by atoms with Crippen molar-refractivity contribution in [3.8, 4) is 0 Å². The van der Waals surface area contributed by atoms with E-state index in [1.165, 1.54) is 11.5 Å². The van der Waals surface area contributed by atoms with E-state index in [0.29, 0.717) is 0 Å². The third-order valence-electron chi connectivity index (χ3n) is 2.19. The molecule has 0 bridgehead atoms. The maximum absolute atomic E-state index is 5.07. The Labute approximate surface area is 91.7 Å². The van der Waals surface area contributed by atoms with Gasteiger partial charge in [-0.25, -0.2) is 0 Å². The van der Waals surface area contributed by atoms with Crippen molar-refractivity contribution in [1.82, 2.24) is 20.1 Å². The molecule has 0 saturated carbocycles. The maximum Gasteiger partial charge on any atom is 0.138 e. The predicted octanol–water partition coefficient (Wildman–Crippen LogP) is 1.43. The number of aromatic nitrogens is 3. The summed E-state index contributed by atoms with van der Waals surface area (Å²) in [6.45, 7) is 5.33. The van der Waals surface area contributed by atoms with Crippen LogP contribution in [0.25, 0.3) is 0 Å². The Morgan fingerprint density at radius 1 is 1.40 bits per heavy atom. The molecule has 2 rings (SSSR count). The molecular formula is C9H12N4OS. The summed E-state index contributed by atoms with van der Waals surface area (Å²) in [5.41, 5.74) is 3.03. The fourth-order valence-electron chi connectivity index (χ4n) is 1.33. The zero-order valence-corrected chi connectivity index (χ0v) is 9.47. The van der Waals surface area contributed by atoms with E-state index in [9.17, 15) is 0 Å². The largest absolute Gasteiger partial charge is 0.361 e. The van der Waals surface area contributed by atoms with Crippen LogP contribution in [0.1, 0.15) is 22.7 Å². The Morgan fingerprint density at radius 2 is 2.27 bits per heavy atom. The van der Waals surface area contributed by atoms with Gasteiger partial charge in [-0.2, -0.15) is 0 Å². The Bertz CT molecular complexity index is 404. The number of hydrogen-bond acceptors (Lipinski definition) is 6. The van der Waals surface area contributed by atoms with Gasteiger partial charge in [-0.3, -0.25) is 0 Å². The monoisotopic (exact) mass is 224 g/mol. The summed E-state index contributed by atoms with van der Waals surface area (Å²) in [4.78, 5) is 0. The number of hydrogen-bond donors (Lipinski definition) is 1. The van der Waals surface area contributed by atoms with Crippen molar-refractivity contribution in [3.05, 3.63) is 28.1 Å². The van der Waals surface area contributed by atoms with Crippen LogP contribution in [0, 0.1) is 13.8 Å². The summed E-state index contributed by atoms with van der Waals surface area (Å²) >= 11 is 1.36. The van der Waals surface area contributed by atoms with Crippen molar-refractivity contribution in [3.63, 3.8) is 0 Å². The molecule has 80 valence electrons. The first-order valence-electron chi connectivity index (χ1n) is 4.66. The zero-order chi connectivity index (χ0) is 10.7. The van der Waals surface area contributed by atoms with Gasteiger partial charge < -0.3 is 9.84 Å². The molecule has 15 heavy (non-hydrogen) atoms. The van der Waals surface area contributed by atoms with E-state index in [1.807, 2.05) is 19.2 Å². The normalized spacial score (nSPS) is 10.8. The SMILES string of the molecule is Cc1noc(C)c1CNCc1csnn1. The van der Waals surface area contributed by atoms with Crippen LogP contribution in [0.4, 0.5) is 0 Å². The second-order valence-electron chi connectivity index (χ2n) is 3.30. The molecule has 0 fully saturated rings. The van der Waals surface area contributed by atoms with Gasteiger partial charge in [0.15, 0.2) is 0 Å². The molecular weight excluding hydrogens is 212 g/mol. The van der Waals surface area contributed by atoms with Gasteiger partial charge >= 0.3 is 0 Å². The van der Waals surface area contributed by atoms with E-state index in [-0.39, 0.29) is 0 Å². The Morgan fingerprint density at radius 3 is 2.87 bits per heavy atom. The first kappa shape index (κ1) is 10.3. The van der Waals surface area contributed by atoms with Gasteiger partial charge in [-0.15, -0.1) is 5.10 Å². The fourth-order valence-corrected chi connectivity index (χ4v) is 1.78. The summed E-state index contributed by atoms with van der Waals surface area (Å²) in [6, 6.07) is 0. The summed E-state index contributed by atoms with van der Waals surface area (Å²) in [5.74, 6) is 0.872. The molecule has 0 unspecified atom stereocenters. The van der Waals surface area contributed by atoms with Crippen molar-refractivity contribution >= 4 is 11.5 Å². The first-order valence-corrected chi connectivity index (χ1v) is 5.49. The highest BCUT2D eigenvalue weighted by atomic mass is 32.1. The number of nitrogens with zero attached hydrogens (tertiary/aromatic N) is 3. The second kappa shape index (κ2) is 4.50. The molecule has 0 aromatic carbocycles. The molecule has 0 spiro atoms. The molecule has 2 aromatic rings. The average Bonchev–Trinajstić information content (AvgIpc) is 2.82. The minimum absolute atomic E-state index is 0.723. The van der Waals surface area contributed by atoms with Crippen molar-refractivity contribution in [2.75, 3.05) is 0 Å². The molecule has 5 nitrogen and oxygen atoms in total. The third-order valence-corrected chi connectivity index (χ3v) is 2.75. The molecule has 0 saturated heterocycles. The van der Waals surface area contributed by atoms with E-state index in [1.54, 1.807) is 0 Å². The highest BCUT2D eigenvalue weighted by molar-refractivity contribution is 7.03. The number of rotatable bonds is 4. The Hall–Kier alpha value is -1.27. The van der Waals surface area contributed by atoms with Crippen LogP contribution in [-0.2, 0) is 13.1 Å². The Kier molecular flexibility index (Phi) is 3.08. The van der Waals surface area contributed by atoms with E-state index in [2.05, 4.69) is 20.1 Å². The van der Waals surface area contributed by atoms with Crippen LogP contribution < -0.4 is 5.32 Å². The van der Waals surface area contributed by atoms with Crippen LogP contribution in [0.3, 0.4) is 0 Å². The molecule has 0 amide bonds. The van der Waals surface area contributed by atoms with Gasteiger partial charge in [0.05, 0.1) is 11.4 Å². The smallest absolute Gasteiger partial charge is 0.138 e. The van der Waals surface area contributed by atoms with Gasteiger partial charge in [0, 0.05) is 24.0 Å². The topological polar surface area (TPSA) is 63.8 Å². The second-order valence-corrected chi connectivity index (χ2v) is 3.91. The summed E-state index contributed by atoms with van der Waals surface area (Å²) in [6.07, 6.45) is 0. The van der Waals surface area contributed by atoms with Crippen molar-refractivity contribution in [1.29, 1.82) is 0 Å². The summed E-state index contributed by atoms with van der Waals surface area (Å²) in [5, 5.41) is 13.0. The van der Waals surface area contributed by atoms with E-state index < -0.39 is 0 Å². The molecule has 6 heteroatoms. The minimum Gasteiger partial charge on any atom is -0.361 e. The van der Waals surface area contributed by atoms with E-state index in [4.69, 9.17) is 4.52 Å². The van der Waals surface area contributed by atoms with Crippen molar-refractivity contribution in [2.24, 2.45) is 0 Å². The van der Waals surface area contributed by atoms with Gasteiger partial charge in [0.1, 0.15) is 5.76 Å². The lowest BCUT2D eigenvalue weighted by Crippen LogP contribution is -2.13. The maximum atomic E-state index is 5.07. The van der Waals surface area contributed by atoms with Crippen LogP contribution in [0.2, 0.25) is 0 Å². The molecule has 1 N–H and O–H groups in total. The molecule has 0 radical (unpaired) electrons. The number of nitrogens with one attached hydrogen (secondary N) is 1. The molecule has 0 aliphatic carbocycles. The van der Waals surface area contributed by atoms with Crippen LogP contribution in [0.5, 0.6) is 0 Å². The lowest BCUT2D eigenvalue weighted by Gasteiger charge is -2.01. The summed E-state index contributed by atoms with van der Waals surface area (Å²) < 4.78 is 8.86. The highest BCUT2D eigenvalue weighted by Gasteiger charge is 2.07. The number of aryl methyl sites for hydroxylation is 2. The third kappa shape index (κ3) is 2.40. The van der Waals surface area contributed by atoms with Crippen molar-refractivity contribution < 1.29 is 4.52 Å². The van der Waals surface area contributed by atoms with Gasteiger partial charge in [-0.1, -0.05) is 9.64 Å². The highest BCUT2D eigenvalue weighted by Crippen LogP contribution is 2.11. The fraction of sp³-hybridized carbons (Fsp3) is 0.444. The van der Waals surface area contributed by atoms with Crippen molar-refractivity contribution in [2.45, 2.75) is 26.9 Å². The van der Waals surface area contributed by atoms with Gasteiger partial charge in [-0.05, 0) is 25.4 Å². The quantitative estimate of drug-likeness (QED) is 0.851. The zero-order valence-electron chi connectivity index (χ0n) is 8.65. The molecule has 0 aliphatic rings. The lowest BCUT2D eigenvalue weighted by atomic mass is 10.2. The van der Waals surface area contributed by atoms with E-state index in [0.717, 1.165) is 35.8 Å². The standard InChI is InChI=1S/C9H12N4OS/c1-6-9(7(2)14-12-6)4-10-3-8-5-15-13-11-8/h5,10H,3-4H2,1-2H3. The first-order chi connectivity index (χ1) is 7.27. The van der Waals surface area contributed by atoms with Crippen LogP contribution >= 0.6 is 11.5 Å². The predicted molar refractivity (Wildman–Crippen MR) is 56.4 cm³/mol. The lowest BCUT2D eigenvalue weighted by molar-refractivity contribution is 0.392. The molecule has 2 aromatic heterocycles. The summed E-state index contributed by atoms with van der Waals surface area (Å²) in [7, 11) is 0.